The van der Waals surface area contributed by atoms with Crippen LogP contribution < -0.4 is 15.4 Å². The lowest BCUT2D eigenvalue weighted by atomic mass is 10.0. The first-order valence-corrected chi connectivity index (χ1v) is 11.3. The van der Waals surface area contributed by atoms with E-state index in [1.807, 2.05) is 0 Å². The van der Waals surface area contributed by atoms with Crippen molar-refractivity contribution in [2.45, 2.75) is 64.0 Å². The number of aliphatic hydroxyl groups excluding tert-OH is 1. The summed E-state index contributed by atoms with van der Waals surface area (Å²) >= 11 is 0. The van der Waals surface area contributed by atoms with Crippen molar-refractivity contribution in [3.63, 3.8) is 0 Å². The Balaban J connectivity index is 1.46. The molecule has 1 aromatic rings. The van der Waals surface area contributed by atoms with Crippen LogP contribution >= 0.6 is 0 Å². The summed E-state index contributed by atoms with van der Waals surface area (Å²) < 4.78 is 5.69. The normalized spacial score (nSPS) is 17.8. The fourth-order valence-corrected chi connectivity index (χ4v) is 4.06. The van der Waals surface area contributed by atoms with Gasteiger partial charge in [-0.25, -0.2) is 0 Å². The number of amides is 4. The number of rotatable bonds is 12. The quantitative estimate of drug-likeness (QED) is 0.329. The van der Waals surface area contributed by atoms with Crippen LogP contribution in [0.15, 0.2) is 18.2 Å². The average molecular weight is 446 g/mol. The number of fused-ring (bicyclic) bond motifs is 1. The maximum atomic E-state index is 12.8. The average Bonchev–Trinajstić information content (AvgIpc) is 3.11. The minimum absolute atomic E-state index is 0.153. The number of hydrogen-bond acceptors (Lipinski definition) is 6. The molecule has 0 saturated carbocycles. The number of carbonyl (C=O) groups excluding carboxylic acids is 4. The van der Waals surface area contributed by atoms with Gasteiger partial charge in [-0.1, -0.05) is 31.7 Å². The highest BCUT2D eigenvalue weighted by Crippen LogP contribution is 2.33. The van der Waals surface area contributed by atoms with Crippen molar-refractivity contribution in [1.29, 1.82) is 0 Å². The fraction of sp³-hybridized carbons (Fsp3) is 0.565. The number of unbranched alkanes of at least 4 members (excludes halogenated alkanes) is 5. The van der Waals surface area contributed by atoms with E-state index in [9.17, 15) is 19.2 Å². The second kappa shape index (κ2) is 11.6. The number of piperidine rings is 1. The monoisotopic (exact) mass is 445 g/mol. The molecule has 2 aliphatic rings. The fourth-order valence-electron chi connectivity index (χ4n) is 4.06. The molecule has 0 spiro atoms. The molecule has 174 valence electrons. The van der Waals surface area contributed by atoms with Crippen LogP contribution in [0.3, 0.4) is 0 Å². The van der Waals surface area contributed by atoms with Gasteiger partial charge in [-0.05, 0) is 31.4 Å². The van der Waals surface area contributed by atoms with Crippen molar-refractivity contribution < 1.29 is 29.0 Å². The van der Waals surface area contributed by atoms with E-state index in [-0.39, 0.29) is 43.9 Å². The first kappa shape index (κ1) is 23.7. The van der Waals surface area contributed by atoms with Gasteiger partial charge in [0.25, 0.3) is 11.8 Å². The maximum absolute atomic E-state index is 12.8. The Morgan fingerprint density at radius 3 is 2.62 bits per heavy atom. The smallest absolute Gasteiger partial charge is 0.257 e. The van der Waals surface area contributed by atoms with E-state index in [1.165, 1.54) is 4.90 Å². The molecule has 1 unspecified atom stereocenters. The lowest BCUT2D eigenvalue weighted by Gasteiger charge is -2.29. The molecule has 1 saturated heterocycles. The summed E-state index contributed by atoms with van der Waals surface area (Å²) in [6, 6.07) is 4.39. The number of aliphatic hydroxyl groups is 1. The molecule has 2 heterocycles. The van der Waals surface area contributed by atoms with Gasteiger partial charge in [-0.3, -0.25) is 24.5 Å². The maximum Gasteiger partial charge on any atom is 0.257 e. The molecule has 3 rings (SSSR count). The van der Waals surface area contributed by atoms with Crippen molar-refractivity contribution in [2.24, 2.45) is 0 Å². The second-order valence-electron chi connectivity index (χ2n) is 8.17. The van der Waals surface area contributed by atoms with Crippen LogP contribution in [0.25, 0.3) is 0 Å². The Kier molecular flexibility index (Phi) is 8.61. The zero-order chi connectivity index (χ0) is 22.9. The van der Waals surface area contributed by atoms with Crippen molar-refractivity contribution >= 4 is 23.6 Å². The Morgan fingerprint density at radius 1 is 1.12 bits per heavy atom. The number of nitrogens with one attached hydrogen (secondary N) is 2. The number of benzene rings is 1. The van der Waals surface area contributed by atoms with E-state index < -0.39 is 11.9 Å². The van der Waals surface area contributed by atoms with Crippen LogP contribution in [-0.2, 0) is 20.9 Å². The summed E-state index contributed by atoms with van der Waals surface area (Å²) in [5.41, 5.74) is 1.10. The largest absolute Gasteiger partial charge is 0.483 e. The van der Waals surface area contributed by atoms with Crippen molar-refractivity contribution in [2.75, 3.05) is 19.8 Å². The highest BCUT2D eigenvalue weighted by atomic mass is 16.5. The Hall–Kier alpha value is -2.94. The van der Waals surface area contributed by atoms with Gasteiger partial charge in [-0.15, -0.1) is 0 Å². The van der Waals surface area contributed by atoms with Gasteiger partial charge in [0, 0.05) is 30.7 Å². The lowest BCUT2D eigenvalue weighted by Crippen LogP contribution is -2.52. The van der Waals surface area contributed by atoms with Gasteiger partial charge >= 0.3 is 0 Å². The Morgan fingerprint density at radius 2 is 1.88 bits per heavy atom. The molecule has 1 aromatic carbocycles. The van der Waals surface area contributed by atoms with E-state index in [0.717, 1.165) is 38.5 Å². The number of ether oxygens (including phenoxy) is 1. The minimum Gasteiger partial charge on any atom is -0.483 e. The minimum atomic E-state index is -0.688. The van der Waals surface area contributed by atoms with E-state index in [1.54, 1.807) is 18.2 Å². The Bertz CT molecular complexity index is 856. The van der Waals surface area contributed by atoms with E-state index in [0.29, 0.717) is 29.8 Å². The van der Waals surface area contributed by atoms with E-state index in [4.69, 9.17) is 9.84 Å². The molecule has 0 aromatic heterocycles. The van der Waals surface area contributed by atoms with Crippen LogP contribution in [0.2, 0.25) is 0 Å². The zero-order valence-corrected chi connectivity index (χ0v) is 18.2. The standard InChI is InChI=1S/C23H31N3O6/c27-13-6-4-2-1-3-5-12-24-21(29)15-32-19-9-7-8-16-17(19)14-26(23(16)31)18-10-11-20(28)25-22(18)30/h7-9,18,27H,1-6,10-15H2,(H,24,29)(H,25,28,30). The second-order valence-corrected chi connectivity index (χ2v) is 8.17. The molecule has 4 amide bonds. The summed E-state index contributed by atoms with van der Waals surface area (Å²) in [5, 5.41) is 13.9. The molecule has 0 bridgehead atoms. The highest BCUT2D eigenvalue weighted by Gasteiger charge is 2.40. The Labute approximate surface area is 187 Å². The number of carbonyl (C=O) groups is 4. The van der Waals surface area contributed by atoms with Gasteiger partial charge in [-0.2, -0.15) is 0 Å². The molecule has 9 heteroatoms. The topological polar surface area (TPSA) is 125 Å². The van der Waals surface area contributed by atoms with Gasteiger partial charge in [0.2, 0.25) is 11.8 Å². The van der Waals surface area contributed by atoms with Crippen molar-refractivity contribution in [3.05, 3.63) is 29.3 Å². The number of imide groups is 1. The van der Waals surface area contributed by atoms with Crippen molar-refractivity contribution in [3.8, 4) is 5.75 Å². The molecule has 1 atom stereocenters. The number of nitrogens with zero attached hydrogens (tertiary/aromatic N) is 1. The molecule has 0 aliphatic carbocycles. The lowest BCUT2D eigenvalue weighted by molar-refractivity contribution is -0.137. The third kappa shape index (κ3) is 6.06. The first-order valence-electron chi connectivity index (χ1n) is 11.3. The molecule has 1 fully saturated rings. The van der Waals surface area contributed by atoms with Gasteiger partial charge in [0.15, 0.2) is 6.61 Å². The van der Waals surface area contributed by atoms with Gasteiger partial charge in [0.05, 0.1) is 6.54 Å². The molecular formula is C23H31N3O6. The summed E-state index contributed by atoms with van der Waals surface area (Å²) in [5.74, 6) is -0.841. The van der Waals surface area contributed by atoms with Crippen LogP contribution in [0.4, 0.5) is 0 Å². The van der Waals surface area contributed by atoms with Crippen LogP contribution in [0.5, 0.6) is 5.75 Å². The first-order chi connectivity index (χ1) is 15.5. The molecule has 3 N–H and O–H groups in total. The highest BCUT2D eigenvalue weighted by molar-refractivity contribution is 6.05. The van der Waals surface area contributed by atoms with Crippen molar-refractivity contribution in [1.82, 2.24) is 15.5 Å². The molecular weight excluding hydrogens is 414 g/mol. The van der Waals surface area contributed by atoms with Crippen LogP contribution in [-0.4, -0.2) is 59.4 Å². The molecule has 32 heavy (non-hydrogen) atoms. The number of hydrogen-bond donors (Lipinski definition) is 3. The molecule has 9 nitrogen and oxygen atoms in total. The van der Waals surface area contributed by atoms with Crippen LogP contribution in [0, 0.1) is 0 Å². The SMILES string of the molecule is O=C(COc1cccc2c1CN(C1CCC(=O)NC1=O)C2=O)NCCCCCCCCO. The van der Waals surface area contributed by atoms with Gasteiger partial charge < -0.3 is 20.1 Å². The zero-order valence-electron chi connectivity index (χ0n) is 18.2. The summed E-state index contributed by atoms with van der Waals surface area (Å²) in [6.45, 7) is 0.870. The van der Waals surface area contributed by atoms with Crippen LogP contribution in [0.1, 0.15) is 67.3 Å². The van der Waals surface area contributed by atoms with Gasteiger partial charge in [0.1, 0.15) is 11.8 Å². The summed E-state index contributed by atoms with van der Waals surface area (Å²) in [4.78, 5) is 50.0. The van der Waals surface area contributed by atoms with E-state index >= 15 is 0 Å². The summed E-state index contributed by atoms with van der Waals surface area (Å²) in [7, 11) is 0. The summed E-state index contributed by atoms with van der Waals surface area (Å²) in [6.07, 6.45) is 6.45. The third-order valence-corrected chi connectivity index (χ3v) is 5.80. The molecule has 2 aliphatic heterocycles. The predicted molar refractivity (Wildman–Crippen MR) is 116 cm³/mol. The van der Waals surface area contributed by atoms with E-state index in [2.05, 4.69) is 10.6 Å². The third-order valence-electron chi connectivity index (χ3n) is 5.80. The molecule has 0 radical (unpaired) electrons. The predicted octanol–water partition coefficient (Wildman–Crippen LogP) is 1.28.